The van der Waals surface area contributed by atoms with Crippen LogP contribution in [-0.2, 0) is 14.8 Å². The van der Waals surface area contributed by atoms with Crippen LogP contribution in [0.5, 0.6) is 0 Å². The third-order valence-corrected chi connectivity index (χ3v) is 4.94. The number of hydrogen-bond acceptors (Lipinski definition) is 4. The molecule has 0 amide bonds. The quantitative estimate of drug-likeness (QED) is 0.617. The predicted octanol–water partition coefficient (Wildman–Crippen LogP) is 2.12. The molecule has 1 rings (SSSR count). The van der Waals surface area contributed by atoms with E-state index in [0.717, 1.165) is 4.31 Å². The van der Waals surface area contributed by atoms with Gasteiger partial charge in [0.1, 0.15) is 5.78 Å². The predicted molar refractivity (Wildman–Crippen MR) is 80.7 cm³/mol. The molecule has 0 atom stereocenters. The van der Waals surface area contributed by atoms with Gasteiger partial charge in [-0.3, -0.25) is 9.59 Å². The van der Waals surface area contributed by atoms with Crippen molar-refractivity contribution in [1.29, 1.82) is 0 Å². The first-order valence-electron chi connectivity index (χ1n) is 6.55. The molecule has 0 fully saturated rings. The van der Waals surface area contributed by atoms with Gasteiger partial charge in [0.2, 0.25) is 10.0 Å². The average Bonchev–Trinajstić information content (AvgIpc) is 2.37. The maximum atomic E-state index is 12.0. The number of rotatable bonds is 5. The molecule has 0 saturated carbocycles. The van der Waals surface area contributed by atoms with Crippen molar-refractivity contribution in [3.63, 3.8) is 0 Å². The van der Waals surface area contributed by atoms with Gasteiger partial charge in [0.05, 0.1) is 11.3 Å². The monoisotopic (exact) mass is 311 g/mol. The number of carbonyl (C=O) groups is 2. The van der Waals surface area contributed by atoms with Crippen LogP contribution in [0.3, 0.4) is 0 Å². The van der Waals surface area contributed by atoms with E-state index in [4.69, 9.17) is 0 Å². The van der Waals surface area contributed by atoms with Gasteiger partial charge in [0, 0.05) is 25.1 Å². The maximum Gasteiger partial charge on any atom is 0.242 e. The van der Waals surface area contributed by atoms with Crippen molar-refractivity contribution in [2.75, 3.05) is 14.1 Å². The van der Waals surface area contributed by atoms with E-state index in [0.29, 0.717) is 5.56 Å². The Labute approximate surface area is 126 Å². The third-order valence-electron chi connectivity index (χ3n) is 3.11. The van der Waals surface area contributed by atoms with Crippen LogP contribution in [0.4, 0.5) is 0 Å². The van der Waals surface area contributed by atoms with Crippen LogP contribution in [0, 0.1) is 5.41 Å². The molecular weight excluding hydrogens is 290 g/mol. The van der Waals surface area contributed by atoms with Crippen molar-refractivity contribution in [3.8, 4) is 0 Å². The molecule has 0 radical (unpaired) electrons. The summed E-state index contributed by atoms with van der Waals surface area (Å²) in [6, 6.07) is 5.64. The highest BCUT2D eigenvalue weighted by Crippen LogP contribution is 2.19. The molecule has 0 bridgehead atoms. The molecule has 0 aliphatic carbocycles. The molecule has 0 heterocycles. The Hall–Kier alpha value is -1.53. The van der Waals surface area contributed by atoms with E-state index in [1.165, 1.54) is 38.4 Å². The van der Waals surface area contributed by atoms with E-state index in [-0.39, 0.29) is 22.9 Å². The molecule has 6 heteroatoms. The van der Waals surface area contributed by atoms with Gasteiger partial charge in [-0.15, -0.1) is 0 Å². The summed E-state index contributed by atoms with van der Waals surface area (Å²) in [4.78, 5) is 24.0. The molecule has 1 aromatic carbocycles. The van der Waals surface area contributed by atoms with Gasteiger partial charge in [0.25, 0.3) is 0 Å². The smallest absolute Gasteiger partial charge is 0.242 e. The molecule has 1 aromatic rings. The first-order valence-corrected chi connectivity index (χ1v) is 7.99. The van der Waals surface area contributed by atoms with Gasteiger partial charge >= 0.3 is 0 Å². The summed E-state index contributed by atoms with van der Waals surface area (Å²) >= 11 is 0. The van der Waals surface area contributed by atoms with Gasteiger partial charge in [-0.05, 0) is 12.1 Å². The molecule has 0 aliphatic rings. The van der Waals surface area contributed by atoms with Crippen LogP contribution in [0.25, 0.3) is 0 Å². The summed E-state index contributed by atoms with van der Waals surface area (Å²) in [6.07, 6.45) is -0.177. The maximum absolute atomic E-state index is 12.0. The summed E-state index contributed by atoms with van der Waals surface area (Å²) in [5.41, 5.74) is -0.227. The summed E-state index contributed by atoms with van der Waals surface area (Å²) < 4.78 is 24.9. The SMILES string of the molecule is CN(C)S(=O)(=O)c1ccc(C(=O)CC(=O)C(C)(C)C)cc1. The van der Waals surface area contributed by atoms with E-state index in [2.05, 4.69) is 0 Å². The zero-order valence-corrected chi connectivity index (χ0v) is 13.8. The average molecular weight is 311 g/mol. The van der Waals surface area contributed by atoms with Crippen molar-refractivity contribution in [1.82, 2.24) is 4.31 Å². The molecule has 0 unspecified atom stereocenters. The van der Waals surface area contributed by atoms with Crippen molar-refractivity contribution < 1.29 is 18.0 Å². The highest BCUT2D eigenvalue weighted by Gasteiger charge is 2.24. The zero-order chi connectivity index (χ0) is 16.4. The molecule has 0 aliphatic heterocycles. The second-order valence-electron chi connectivity index (χ2n) is 6.08. The van der Waals surface area contributed by atoms with Crippen LogP contribution in [0.15, 0.2) is 29.2 Å². The summed E-state index contributed by atoms with van der Waals surface area (Å²) in [6.45, 7) is 5.28. The number of ketones is 2. The lowest BCUT2D eigenvalue weighted by Gasteiger charge is -2.16. The zero-order valence-electron chi connectivity index (χ0n) is 13.0. The van der Waals surface area contributed by atoms with Gasteiger partial charge in [-0.1, -0.05) is 32.9 Å². The minimum atomic E-state index is -3.51. The molecule has 5 nitrogen and oxygen atoms in total. The Bertz CT molecular complexity index is 637. The summed E-state index contributed by atoms with van der Waals surface area (Å²) in [5, 5.41) is 0. The minimum absolute atomic E-state index is 0.117. The molecule has 0 saturated heterocycles. The standard InChI is InChI=1S/C15H21NO4S/c1-15(2,3)14(18)10-13(17)11-6-8-12(9-7-11)21(19,20)16(4)5/h6-9H,10H2,1-5H3. The Morgan fingerprint density at radius 2 is 1.52 bits per heavy atom. The van der Waals surface area contributed by atoms with Gasteiger partial charge in [0.15, 0.2) is 5.78 Å². The van der Waals surface area contributed by atoms with E-state index in [1.54, 1.807) is 20.8 Å². The highest BCUT2D eigenvalue weighted by atomic mass is 32.2. The number of benzene rings is 1. The summed E-state index contributed by atoms with van der Waals surface area (Å²) in [7, 11) is -0.629. The van der Waals surface area contributed by atoms with Gasteiger partial charge in [-0.25, -0.2) is 12.7 Å². The number of Topliss-reactive ketones (excluding diaryl/α,β-unsaturated/α-hetero) is 2. The van der Waals surface area contributed by atoms with Gasteiger partial charge < -0.3 is 0 Å². The van der Waals surface area contributed by atoms with E-state index < -0.39 is 15.4 Å². The Morgan fingerprint density at radius 1 is 1.05 bits per heavy atom. The fraction of sp³-hybridized carbons (Fsp3) is 0.467. The number of hydrogen-bond donors (Lipinski definition) is 0. The summed E-state index contributed by atoms with van der Waals surface area (Å²) in [5.74, 6) is -0.443. The number of carbonyl (C=O) groups excluding carboxylic acids is 2. The van der Waals surface area contributed by atoms with Gasteiger partial charge in [-0.2, -0.15) is 0 Å². The molecule has 21 heavy (non-hydrogen) atoms. The van der Waals surface area contributed by atoms with Crippen molar-refractivity contribution in [2.45, 2.75) is 32.1 Å². The van der Waals surface area contributed by atoms with E-state index in [1.807, 2.05) is 0 Å². The van der Waals surface area contributed by atoms with Crippen LogP contribution in [0.1, 0.15) is 37.6 Å². The number of nitrogens with zero attached hydrogens (tertiary/aromatic N) is 1. The first kappa shape index (κ1) is 17.5. The largest absolute Gasteiger partial charge is 0.299 e. The number of sulfonamides is 1. The minimum Gasteiger partial charge on any atom is -0.299 e. The Balaban J connectivity index is 2.94. The fourth-order valence-electron chi connectivity index (χ4n) is 1.54. The fourth-order valence-corrected chi connectivity index (χ4v) is 2.44. The topological polar surface area (TPSA) is 71.5 Å². The molecule has 0 aromatic heterocycles. The normalized spacial score (nSPS) is 12.5. The first-order chi connectivity index (χ1) is 9.46. The molecule has 0 spiro atoms. The second-order valence-corrected chi connectivity index (χ2v) is 8.24. The Morgan fingerprint density at radius 3 is 1.90 bits per heavy atom. The lowest BCUT2D eigenvalue weighted by molar-refractivity contribution is -0.125. The third kappa shape index (κ3) is 4.22. The van der Waals surface area contributed by atoms with Crippen LogP contribution < -0.4 is 0 Å². The van der Waals surface area contributed by atoms with Crippen molar-refractivity contribution in [2.24, 2.45) is 5.41 Å². The van der Waals surface area contributed by atoms with Crippen LogP contribution in [-0.4, -0.2) is 38.4 Å². The van der Waals surface area contributed by atoms with E-state index >= 15 is 0 Å². The molecule has 0 N–H and O–H groups in total. The van der Waals surface area contributed by atoms with E-state index in [9.17, 15) is 18.0 Å². The lowest BCUT2D eigenvalue weighted by atomic mass is 9.87. The van der Waals surface area contributed by atoms with Crippen molar-refractivity contribution >= 4 is 21.6 Å². The lowest BCUT2D eigenvalue weighted by Crippen LogP contribution is -2.23. The molecular formula is C15H21NO4S. The van der Waals surface area contributed by atoms with Crippen LogP contribution in [0.2, 0.25) is 0 Å². The Kier molecular flexibility index (Phi) is 5.07. The molecule has 116 valence electrons. The second kappa shape index (κ2) is 6.07. The van der Waals surface area contributed by atoms with Crippen LogP contribution >= 0.6 is 0 Å². The highest BCUT2D eigenvalue weighted by molar-refractivity contribution is 7.89. The van der Waals surface area contributed by atoms with Crippen molar-refractivity contribution in [3.05, 3.63) is 29.8 Å².